The number of ether oxygens (including phenoxy) is 2. The van der Waals surface area contributed by atoms with Crippen molar-refractivity contribution < 1.29 is 9.47 Å². The monoisotopic (exact) mass is 386 g/mol. The summed E-state index contributed by atoms with van der Waals surface area (Å²) in [7, 11) is 0. The van der Waals surface area contributed by atoms with Gasteiger partial charge in [-0.2, -0.15) is 0 Å². The highest BCUT2D eigenvalue weighted by molar-refractivity contribution is 9.09. The van der Waals surface area contributed by atoms with Crippen LogP contribution in [0.3, 0.4) is 0 Å². The highest BCUT2D eigenvalue weighted by Gasteiger charge is 2.33. The lowest BCUT2D eigenvalue weighted by atomic mass is 9.83. The summed E-state index contributed by atoms with van der Waals surface area (Å²) in [5.74, 6) is 0.500. The average molecular weight is 389 g/mol. The molecular formula is C13H14BrCl3O2. The molecule has 2 nitrogen and oxygen atoms in total. The molecule has 0 saturated carbocycles. The summed E-state index contributed by atoms with van der Waals surface area (Å²) < 4.78 is 11.2. The summed E-state index contributed by atoms with van der Waals surface area (Å²) in [4.78, 5) is 0. The van der Waals surface area contributed by atoms with Crippen LogP contribution in [-0.4, -0.2) is 25.2 Å². The lowest BCUT2D eigenvalue weighted by Gasteiger charge is -2.35. The van der Waals surface area contributed by atoms with Crippen molar-refractivity contribution in [1.82, 2.24) is 0 Å². The number of hydrogen-bond acceptors (Lipinski definition) is 2. The van der Waals surface area contributed by atoms with Crippen LogP contribution in [0.4, 0.5) is 0 Å². The Morgan fingerprint density at radius 2 is 1.74 bits per heavy atom. The molecule has 1 aromatic carbocycles. The van der Waals surface area contributed by atoms with Crippen LogP contribution in [0, 0.1) is 5.41 Å². The number of hydrogen-bond donors (Lipinski definition) is 0. The van der Waals surface area contributed by atoms with Crippen molar-refractivity contribution in [1.29, 1.82) is 0 Å². The van der Waals surface area contributed by atoms with E-state index in [1.165, 1.54) is 0 Å². The minimum absolute atomic E-state index is 0.0740. The van der Waals surface area contributed by atoms with E-state index in [9.17, 15) is 0 Å². The molecule has 1 aliphatic heterocycles. The summed E-state index contributed by atoms with van der Waals surface area (Å²) in [5, 5.41) is 2.25. The molecule has 0 spiro atoms. The van der Waals surface area contributed by atoms with E-state index in [0.717, 1.165) is 31.4 Å². The topological polar surface area (TPSA) is 18.5 Å². The highest BCUT2D eigenvalue weighted by Crippen LogP contribution is 2.39. The van der Waals surface area contributed by atoms with Crippen molar-refractivity contribution in [3.63, 3.8) is 0 Å². The van der Waals surface area contributed by atoms with Crippen LogP contribution in [0.1, 0.15) is 12.8 Å². The van der Waals surface area contributed by atoms with E-state index in [2.05, 4.69) is 15.9 Å². The Bertz CT molecular complexity index is 425. The van der Waals surface area contributed by atoms with E-state index >= 15 is 0 Å². The number of benzene rings is 1. The zero-order chi connectivity index (χ0) is 13.9. The second kappa shape index (κ2) is 6.86. The van der Waals surface area contributed by atoms with Crippen molar-refractivity contribution in [2.45, 2.75) is 12.8 Å². The molecule has 1 fully saturated rings. The first-order valence-electron chi connectivity index (χ1n) is 5.97. The van der Waals surface area contributed by atoms with E-state index < -0.39 is 0 Å². The molecule has 2 rings (SSSR count). The summed E-state index contributed by atoms with van der Waals surface area (Å²) >= 11 is 21.7. The normalized spacial score (nSPS) is 18.3. The van der Waals surface area contributed by atoms with Gasteiger partial charge in [-0.15, -0.1) is 0 Å². The molecule has 1 heterocycles. The third-order valence-electron chi connectivity index (χ3n) is 3.32. The van der Waals surface area contributed by atoms with Crippen molar-refractivity contribution in [2.75, 3.05) is 25.2 Å². The lowest BCUT2D eigenvalue weighted by molar-refractivity contribution is 0.00359. The fourth-order valence-electron chi connectivity index (χ4n) is 2.01. The molecule has 1 saturated heterocycles. The molecule has 0 amide bonds. The summed E-state index contributed by atoms with van der Waals surface area (Å²) in [6, 6.07) is 3.27. The molecule has 0 radical (unpaired) electrons. The van der Waals surface area contributed by atoms with Gasteiger partial charge in [-0.05, 0) is 25.0 Å². The molecule has 0 unspecified atom stereocenters. The smallest absolute Gasteiger partial charge is 0.156 e. The molecule has 0 bridgehead atoms. The summed E-state index contributed by atoms with van der Waals surface area (Å²) in [6.07, 6.45) is 1.92. The quantitative estimate of drug-likeness (QED) is 0.659. The van der Waals surface area contributed by atoms with Crippen molar-refractivity contribution in [3.05, 3.63) is 27.2 Å². The predicted molar refractivity (Wildman–Crippen MR) is 83.2 cm³/mol. The maximum atomic E-state index is 6.11. The third kappa shape index (κ3) is 3.92. The number of rotatable bonds is 4. The molecule has 0 aliphatic carbocycles. The van der Waals surface area contributed by atoms with Gasteiger partial charge in [0.25, 0.3) is 0 Å². The maximum absolute atomic E-state index is 6.11. The van der Waals surface area contributed by atoms with Crippen LogP contribution >= 0.6 is 50.7 Å². The van der Waals surface area contributed by atoms with E-state index in [1.54, 1.807) is 12.1 Å². The van der Waals surface area contributed by atoms with Gasteiger partial charge in [-0.3, -0.25) is 0 Å². The second-order valence-electron chi connectivity index (χ2n) is 4.73. The number of halogens is 4. The summed E-state index contributed by atoms with van der Waals surface area (Å²) in [6.45, 7) is 2.08. The predicted octanol–water partition coefficient (Wildman–Crippen LogP) is 5.22. The molecule has 106 valence electrons. The van der Waals surface area contributed by atoms with Gasteiger partial charge in [-0.1, -0.05) is 50.7 Å². The van der Waals surface area contributed by atoms with Gasteiger partial charge in [0.2, 0.25) is 0 Å². The Morgan fingerprint density at radius 3 is 2.26 bits per heavy atom. The van der Waals surface area contributed by atoms with Crippen LogP contribution in [-0.2, 0) is 4.74 Å². The van der Waals surface area contributed by atoms with Gasteiger partial charge >= 0.3 is 0 Å². The Kier molecular flexibility index (Phi) is 5.67. The Morgan fingerprint density at radius 1 is 1.16 bits per heavy atom. The minimum Gasteiger partial charge on any atom is -0.490 e. The van der Waals surface area contributed by atoms with E-state index in [0.29, 0.717) is 27.4 Å². The van der Waals surface area contributed by atoms with Crippen LogP contribution in [0.2, 0.25) is 15.1 Å². The van der Waals surface area contributed by atoms with E-state index in [-0.39, 0.29) is 5.41 Å². The lowest BCUT2D eigenvalue weighted by Crippen LogP contribution is -2.36. The van der Waals surface area contributed by atoms with Crippen molar-refractivity contribution in [2.24, 2.45) is 5.41 Å². The Balaban J connectivity index is 2.09. The molecule has 0 aromatic heterocycles. The van der Waals surface area contributed by atoms with Gasteiger partial charge in [-0.25, -0.2) is 0 Å². The SMILES string of the molecule is Clc1cc(Cl)c(OCC2(CBr)CCOCC2)c(Cl)c1. The van der Waals surface area contributed by atoms with E-state index in [1.807, 2.05) is 0 Å². The molecule has 1 aromatic rings. The largest absolute Gasteiger partial charge is 0.490 e. The standard InChI is InChI=1S/C13H14BrCl3O2/c14-7-13(1-3-18-4-2-13)8-19-12-10(16)5-9(15)6-11(12)17/h5-6H,1-4,7-8H2. The Labute approximate surface area is 136 Å². The Hall–Kier alpha value is 0.330. The molecule has 0 atom stereocenters. The molecule has 1 aliphatic rings. The maximum Gasteiger partial charge on any atom is 0.156 e. The third-order valence-corrected chi connectivity index (χ3v) is 5.29. The van der Waals surface area contributed by atoms with Gasteiger partial charge in [0.1, 0.15) is 0 Å². The average Bonchev–Trinajstić information content (AvgIpc) is 2.38. The van der Waals surface area contributed by atoms with Gasteiger partial charge < -0.3 is 9.47 Å². The fourth-order valence-corrected chi connectivity index (χ4v) is 3.66. The van der Waals surface area contributed by atoms with Crippen LogP contribution in [0.5, 0.6) is 5.75 Å². The summed E-state index contributed by atoms with van der Waals surface area (Å²) in [5.41, 5.74) is 0.0740. The first kappa shape index (κ1) is 15.7. The molecule has 19 heavy (non-hydrogen) atoms. The van der Waals surface area contributed by atoms with Crippen molar-refractivity contribution in [3.8, 4) is 5.75 Å². The van der Waals surface area contributed by atoms with E-state index in [4.69, 9.17) is 44.3 Å². The van der Waals surface area contributed by atoms with Crippen LogP contribution in [0.25, 0.3) is 0 Å². The number of alkyl halides is 1. The highest BCUT2D eigenvalue weighted by atomic mass is 79.9. The fraction of sp³-hybridized carbons (Fsp3) is 0.538. The zero-order valence-electron chi connectivity index (χ0n) is 10.2. The first-order chi connectivity index (χ1) is 9.06. The molecule has 6 heteroatoms. The first-order valence-corrected chi connectivity index (χ1v) is 8.23. The van der Waals surface area contributed by atoms with Gasteiger partial charge in [0, 0.05) is 29.0 Å². The second-order valence-corrected chi connectivity index (χ2v) is 6.54. The molecular weight excluding hydrogens is 374 g/mol. The van der Waals surface area contributed by atoms with Gasteiger partial charge in [0.05, 0.1) is 16.7 Å². The van der Waals surface area contributed by atoms with Crippen LogP contribution < -0.4 is 4.74 Å². The van der Waals surface area contributed by atoms with Crippen LogP contribution in [0.15, 0.2) is 12.1 Å². The molecule has 0 N–H and O–H groups in total. The zero-order valence-corrected chi connectivity index (χ0v) is 14.1. The van der Waals surface area contributed by atoms with Gasteiger partial charge in [0.15, 0.2) is 5.75 Å². The van der Waals surface area contributed by atoms with Crippen molar-refractivity contribution >= 4 is 50.7 Å². The minimum atomic E-state index is 0.0740.